The quantitative estimate of drug-likeness (QED) is 0.762. The second-order valence-electron chi connectivity index (χ2n) is 5.02. The molecular formula is C15H15BrN2S. The van der Waals surface area contributed by atoms with Crippen LogP contribution in [0.3, 0.4) is 0 Å². The topological polar surface area (TPSA) is 28.7 Å². The third-order valence-corrected chi connectivity index (χ3v) is 4.36. The lowest BCUT2D eigenvalue weighted by Gasteiger charge is -2.11. The van der Waals surface area contributed by atoms with Crippen LogP contribution in [0.25, 0.3) is 11.4 Å². The Kier molecular flexibility index (Phi) is 3.80. The molecule has 0 unspecified atom stereocenters. The average Bonchev–Trinajstić information content (AvgIpc) is 2.92. The van der Waals surface area contributed by atoms with E-state index in [-0.39, 0.29) is 0 Å². The lowest BCUT2D eigenvalue weighted by Crippen LogP contribution is -2.00. The molecule has 1 aliphatic carbocycles. The number of H-pyrrole nitrogens is 1. The van der Waals surface area contributed by atoms with Crippen molar-refractivity contribution in [3.05, 3.63) is 45.1 Å². The molecule has 0 aliphatic heterocycles. The van der Waals surface area contributed by atoms with E-state index in [4.69, 9.17) is 12.2 Å². The molecule has 0 bridgehead atoms. The van der Waals surface area contributed by atoms with E-state index < -0.39 is 0 Å². The summed E-state index contributed by atoms with van der Waals surface area (Å²) in [6.45, 7) is 0. The van der Waals surface area contributed by atoms with Crippen molar-refractivity contribution < 1.29 is 0 Å². The second kappa shape index (κ2) is 5.55. The second-order valence-corrected chi connectivity index (χ2v) is 6.35. The smallest absolute Gasteiger partial charge is 0.139 e. The lowest BCUT2D eigenvalue weighted by atomic mass is 10.0. The van der Waals surface area contributed by atoms with Crippen molar-refractivity contribution >= 4 is 28.1 Å². The Labute approximate surface area is 126 Å². The molecule has 1 saturated carbocycles. The highest BCUT2D eigenvalue weighted by molar-refractivity contribution is 9.10. The Hall–Kier alpha value is -1.00. The highest BCUT2D eigenvalue weighted by Crippen LogP contribution is 2.33. The van der Waals surface area contributed by atoms with Crippen molar-refractivity contribution in [3.63, 3.8) is 0 Å². The van der Waals surface area contributed by atoms with Crippen LogP contribution in [0, 0.1) is 4.64 Å². The minimum Gasteiger partial charge on any atom is -0.343 e. The van der Waals surface area contributed by atoms with E-state index in [0.717, 1.165) is 15.9 Å². The van der Waals surface area contributed by atoms with Gasteiger partial charge in [0.2, 0.25) is 0 Å². The first-order valence-electron chi connectivity index (χ1n) is 6.59. The van der Waals surface area contributed by atoms with Gasteiger partial charge < -0.3 is 4.98 Å². The van der Waals surface area contributed by atoms with Crippen molar-refractivity contribution in [1.82, 2.24) is 9.97 Å². The number of aromatic nitrogens is 2. The molecule has 0 atom stereocenters. The zero-order valence-corrected chi connectivity index (χ0v) is 12.9. The van der Waals surface area contributed by atoms with Crippen LogP contribution in [0.1, 0.15) is 37.3 Å². The SMILES string of the molecule is S=c1cc(C2CCCC2)[nH]c(-c2cccc(Br)c2)n1. The van der Waals surface area contributed by atoms with Crippen LogP contribution in [0.15, 0.2) is 34.8 Å². The summed E-state index contributed by atoms with van der Waals surface area (Å²) in [4.78, 5) is 7.93. The normalized spacial score (nSPS) is 15.8. The van der Waals surface area contributed by atoms with Crippen molar-refractivity contribution in [2.75, 3.05) is 0 Å². The first-order valence-corrected chi connectivity index (χ1v) is 7.80. The van der Waals surface area contributed by atoms with Crippen LogP contribution < -0.4 is 0 Å². The van der Waals surface area contributed by atoms with E-state index in [2.05, 4.69) is 38.0 Å². The molecule has 1 aliphatic rings. The molecular weight excluding hydrogens is 320 g/mol. The third kappa shape index (κ3) is 2.95. The molecule has 1 N–H and O–H groups in total. The van der Waals surface area contributed by atoms with Gasteiger partial charge in [-0.1, -0.05) is 53.1 Å². The molecule has 4 heteroatoms. The van der Waals surface area contributed by atoms with Crippen LogP contribution in [-0.4, -0.2) is 9.97 Å². The molecule has 0 spiro atoms. The van der Waals surface area contributed by atoms with Crippen molar-refractivity contribution in [2.24, 2.45) is 0 Å². The molecule has 1 aromatic carbocycles. The standard InChI is InChI=1S/C15H15BrN2S/c16-12-7-3-6-11(8-12)15-17-13(9-14(19)18-15)10-4-1-2-5-10/h3,6-10H,1-2,4-5H2,(H,17,18,19). The molecule has 98 valence electrons. The van der Waals surface area contributed by atoms with Gasteiger partial charge in [-0.05, 0) is 37.0 Å². The summed E-state index contributed by atoms with van der Waals surface area (Å²) >= 11 is 8.81. The van der Waals surface area contributed by atoms with E-state index in [1.54, 1.807) is 0 Å². The first kappa shape index (κ1) is 13.0. The van der Waals surface area contributed by atoms with E-state index in [1.165, 1.54) is 31.4 Å². The Balaban J connectivity index is 2.04. The molecule has 1 heterocycles. The molecule has 1 fully saturated rings. The van der Waals surface area contributed by atoms with Gasteiger partial charge in [-0.25, -0.2) is 4.98 Å². The van der Waals surface area contributed by atoms with Gasteiger partial charge in [0.1, 0.15) is 10.5 Å². The fraction of sp³-hybridized carbons (Fsp3) is 0.333. The number of nitrogens with zero attached hydrogens (tertiary/aromatic N) is 1. The van der Waals surface area contributed by atoms with Crippen LogP contribution in [-0.2, 0) is 0 Å². The molecule has 2 aromatic rings. The number of aromatic amines is 1. The van der Waals surface area contributed by atoms with Gasteiger partial charge in [0.25, 0.3) is 0 Å². The van der Waals surface area contributed by atoms with Gasteiger partial charge in [0, 0.05) is 15.7 Å². The predicted octanol–water partition coefficient (Wildman–Crippen LogP) is 5.23. The zero-order valence-electron chi connectivity index (χ0n) is 10.5. The van der Waals surface area contributed by atoms with Gasteiger partial charge >= 0.3 is 0 Å². The maximum Gasteiger partial charge on any atom is 0.139 e. The Morgan fingerprint density at radius 2 is 2.00 bits per heavy atom. The maximum absolute atomic E-state index is 5.31. The number of hydrogen-bond acceptors (Lipinski definition) is 2. The summed E-state index contributed by atoms with van der Waals surface area (Å²) in [5, 5.41) is 0. The largest absolute Gasteiger partial charge is 0.343 e. The first-order chi connectivity index (χ1) is 9.22. The summed E-state index contributed by atoms with van der Waals surface area (Å²) in [5.74, 6) is 1.49. The molecule has 19 heavy (non-hydrogen) atoms. The lowest BCUT2D eigenvalue weighted by molar-refractivity contribution is 0.694. The third-order valence-electron chi connectivity index (χ3n) is 3.66. The number of nitrogens with one attached hydrogen (secondary N) is 1. The minimum absolute atomic E-state index is 0.621. The average molecular weight is 335 g/mol. The van der Waals surface area contributed by atoms with Gasteiger partial charge in [-0.3, -0.25) is 0 Å². The summed E-state index contributed by atoms with van der Waals surface area (Å²) in [6, 6.07) is 10.2. The Morgan fingerprint density at radius 3 is 2.74 bits per heavy atom. The molecule has 2 nitrogen and oxygen atoms in total. The van der Waals surface area contributed by atoms with Crippen molar-refractivity contribution in [2.45, 2.75) is 31.6 Å². The van der Waals surface area contributed by atoms with Crippen molar-refractivity contribution in [1.29, 1.82) is 0 Å². The molecule has 0 amide bonds. The predicted molar refractivity (Wildman–Crippen MR) is 83.8 cm³/mol. The Morgan fingerprint density at radius 1 is 1.21 bits per heavy atom. The number of hydrogen-bond donors (Lipinski definition) is 1. The number of rotatable bonds is 2. The van der Waals surface area contributed by atoms with Gasteiger partial charge in [0.15, 0.2) is 0 Å². The van der Waals surface area contributed by atoms with Crippen LogP contribution in [0.4, 0.5) is 0 Å². The fourth-order valence-corrected chi connectivity index (χ4v) is 3.32. The summed E-state index contributed by atoms with van der Waals surface area (Å²) < 4.78 is 1.73. The van der Waals surface area contributed by atoms with Gasteiger partial charge in [-0.15, -0.1) is 0 Å². The fourth-order valence-electron chi connectivity index (χ4n) is 2.71. The van der Waals surface area contributed by atoms with Crippen molar-refractivity contribution in [3.8, 4) is 11.4 Å². The summed E-state index contributed by atoms with van der Waals surface area (Å²) in [7, 11) is 0. The minimum atomic E-state index is 0.621. The number of benzene rings is 1. The van der Waals surface area contributed by atoms with E-state index in [9.17, 15) is 0 Å². The summed E-state index contributed by atoms with van der Waals surface area (Å²) in [6.07, 6.45) is 5.15. The molecule has 3 rings (SSSR count). The van der Waals surface area contributed by atoms with E-state index in [0.29, 0.717) is 10.6 Å². The monoisotopic (exact) mass is 334 g/mol. The van der Waals surface area contributed by atoms with Crippen LogP contribution in [0.5, 0.6) is 0 Å². The molecule has 0 radical (unpaired) electrons. The Bertz CT molecular complexity index is 645. The molecule has 0 saturated heterocycles. The van der Waals surface area contributed by atoms with E-state index in [1.807, 2.05) is 18.2 Å². The summed E-state index contributed by atoms with van der Waals surface area (Å²) in [5.41, 5.74) is 2.31. The van der Waals surface area contributed by atoms with Crippen LogP contribution in [0.2, 0.25) is 0 Å². The van der Waals surface area contributed by atoms with Gasteiger partial charge in [0.05, 0.1) is 0 Å². The maximum atomic E-state index is 5.31. The van der Waals surface area contributed by atoms with Gasteiger partial charge in [-0.2, -0.15) is 0 Å². The highest BCUT2D eigenvalue weighted by atomic mass is 79.9. The molecule has 1 aromatic heterocycles. The van der Waals surface area contributed by atoms with Crippen LogP contribution >= 0.6 is 28.1 Å². The number of halogens is 1. The zero-order chi connectivity index (χ0) is 13.2. The van der Waals surface area contributed by atoms with E-state index >= 15 is 0 Å². The highest BCUT2D eigenvalue weighted by Gasteiger charge is 2.18.